The van der Waals surface area contributed by atoms with E-state index in [0.29, 0.717) is 37.5 Å². The Labute approximate surface area is 230 Å². The maximum atomic E-state index is 12.6. The number of benzene rings is 2. The van der Waals surface area contributed by atoms with Crippen molar-refractivity contribution in [2.24, 2.45) is 0 Å². The van der Waals surface area contributed by atoms with Crippen molar-refractivity contribution in [3.05, 3.63) is 79.9 Å². The summed E-state index contributed by atoms with van der Waals surface area (Å²) in [6, 6.07) is 14.2. The Balaban J connectivity index is 1.31. The molecule has 4 aromatic rings. The molecule has 0 bridgehead atoms. The predicted molar refractivity (Wildman–Crippen MR) is 145 cm³/mol. The molecule has 186 valence electrons. The Morgan fingerprint density at radius 1 is 1.14 bits per heavy atom. The van der Waals surface area contributed by atoms with Gasteiger partial charge >= 0.3 is 0 Å². The van der Waals surface area contributed by atoms with E-state index in [-0.39, 0.29) is 12.3 Å². The number of anilines is 1. The summed E-state index contributed by atoms with van der Waals surface area (Å²) in [6.07, 6.45) is 1.72. The highest BCUT2D eigenvalue weighted by Crippen LogP contribution is 2.57. The fourth-order valence-corrected chi connectivity index (χ4v) is 6.66. The molecule has 1 N–H and O–H groups in total. The molecule has 2 aromatic carbocycles. The number of nitrogens with zero attached hydrogens (tertiary/aromatic N) is 2. The average molecular weight is 581 g/mol. The van der Waals surface area contributed by atoms with E-state index in [9.17, 15) is 9.35 Å². The lowest BCUT2D eigenvalue weighted by atomic mass is 9.94. The number of nitrogens with one attached hydrogen (secondary N) is 1. The number of rotatable bonds is 8. The summed E-state index contributed by atoms with van der Waals surface area (Å²) >= 11 is 19.7. The van der Waals surface area contributed by atoms with Gasteiger partial charge in [0.2, 0.25) is 5.91 Å². The minimum atomic E-state index is -1.02. The van der Waals surface area contributed by atoms with Crippen LogP contribution in [-0.2, 0) is 27.8 Å². The van der Waals surface area contributed by atoms with Crippen LogP contribution in [0.15, 0.2) is 57.9 Å². The topological polar surface area (TPSA) is 91.1 Å². The van der Waals surface area contributed by atoms with Crippen molar-refractivity contribution in [1.29, 1.82) is 0 Å². The summed E-state index contributed by atoms with van der Waals surface area (Å²) in [4.78, 5) is 18.8. The van der Waals surface area contributed by atoms with E-state index in [1.807, 2.05) is 25.1 Å². The van der Waals surface area contributed by atoms with E-state index in [2.05, 4.69) is 15.5 Å². The van der Waals surface area contributed by atoms with Crippen molar-refractivity contribution in [1.82, 2.24) is 10.1 Å². The Hall–Kier alpha value is -2.07. The number of carbonyl (C=O) groups excluding carboxylic acids is 1. The third kappa shape index (κ3) is 5.16. The van der Waals surface area contributed by atoms with Gasteiger partial charge in [-0.15, -0.1) is 11.3 Å². The lowest BCUT2D eigenvalue weighted by Gasteiger charge is -2.17. The first-order valence-electron chi connectivity index (χ1n) is 11.2. The second kappa shape index (κ2) is 10.4. The molecule has 0 saturated heterocycles. The van der Waals surface area contributed by atoms with E-state index in [0.717, 1.165) is 33.7 Å². The number of thiophene rings is 1. The van der Waals surface area contributed by atoms with Crippen LogP contribution in [0.5, 0.6) is 0 Å². The van der Waals surface area contributed by atoms with Crippen LogP contribution in [0.25, 0.3) is 10.8 Å². The van der Waals surface area contributed by atoms with Gasteiger partial charge in [-0.2, -0.15) is 4.98 Å². The summed E-state index contributed by atoms with van der Waals surface area (Å²) in [5.41, 5.74) is 1.51. The summed E-state index contributed by atoms with van der Waals surface area (Å²) < 4.78 is 18.0. The summed E-state index contributed by atoms with van der Waals surface area (Å²) in [5.74, 6) is 1.27. The van der Waals surface area contributed by atoms with Crippen LogP contribution in [0.2, 0.25) is 14.4 Å². The van der Waals surface area contributed by atoms with E-state index in [4.69, 9.17) is 39.3 Å². The molecule has 1 aliphatic carbocycles. The van der Waals surface area contributed by atoms with Gasteiger partial charge in [-0.25, -0.2) is 0 Å². The standard InChI is InChI=1S/C25H20Cl3N3O3S2/c1-2-36(33)16-5-3-14(4-6-16)11-21(32)29-15-12-17(26)22(18(27)13-15)25(9-10-25)24-30-23(34-31-24)19-7-8-20(28)35-19/h3-8,12-13H,2,9-11H2,1H3,(H,29,32). The van der Waals surface area contributed by atoms with Crippen LogP contribution in [0.4, 0.5) is 5.69 Å². The van der Waals surface area contributed by atoms with Crippen LogP contribution < -0.4 is 5.32 Å². The van der Waals surface area contributed by atoms with Crippen LogP contribution in [0.1, 0.15) is 36.7 Å². The molecule has 1 atom stereocenters. The number of hydrogen-bond acceptors (Lipinski definition) is 6. The van der Waals surface area contributed by atoms with Gasteiger partial charge in [0.05, 0.1) is 21.0 Å². The fourth-order valence-electron chi connectivity index (χ4n) is 4.08. The zero-order valence-corrected chi connectivity index (χ0v) is 22.9. The van der Waals surface area contributed by atoms with Crippen LogP contribution >= 0.6 is 46.1 Å². The van der Waals surface area contributed by atoms with Gasteiger partial charge in [0.25, 0.3) is 5.89 Å². The first-order valence-corrected chi connectivity index (χ1v) is 14.4. The van der Waals surface area contributed by atoms with E-state index < -0.39 is 16.6 Å². The largest absolute Gasteiger partial charge is 0.611 e. The lowest BCUT2D eigenvalue weighted by molar-refractivity contribution is -0.115. The Morgan fingerprint density at radius 3 is 2.42 bits per heavy atom. The molecule has 0 spiro atoms. The average Bonchev–Trinajstić information content (AvgIpc) is 3.25. The molecule has 0 aliphatic heterocycles. The molecule has 36 heavy (non-hydrogen) atoms. The minimum Gasteiger partial charge on any atom is -0.611 e. The Bertz CT molecular complexity index is 1390. The van der Waals surface area contributed by atoms with Gasteiger partial charge in [-0.3, -0.25) is 4.79 Å². The predicted octanol–water partition coefficient (Wildman–Crippen LogP) is 7.15. The highest BCUT2D eigenvalue weighted by atomic mass is 35.5. The van der Waals surface area contributed by atoms with Crippen LogP contribution in [0.3, 0.4) is 0 Å². The number of halogens is 3. The SMILES string of the molecule is CC[S+]([O-])c1ccc(CC(=O)Nc2cc(Cl)c(C3(c4noc(-c5ccc(Cl)s5)n4)CC3)c(Cl)c2)cc1. The summed E-state index contributed by atoms with van der Waals surface area (Å²) in [6.45, 7) is 1.87. The van der Waals surface area contributed by atoms with Gasteiger partial charge in [0.15, 0.2) is 10.7 Å². The molecule has 1 saturated carbocycles. The molecule has 1 fully saturated rings. The van der Waals surface area contributed by atoms with E-state index in [1.165, 1.54) is 11.3 Å². The minimum absolute atomic E-state index is 0.165. The highest BCUT2D eigenvalue weighted by molar-refractivity contribution is 7.91. The first-order chi connectivity index (χ1) is 17.3. The Morgan fingerprint density at radius 2 is 1.83 bits per heavy atom. The molecule has 1 aliphatic rings. The van der Waals surface area contributed by atoms with Crippen LogP contribution in [0, 0.1) is 0 Å². The third-order valence-electron chi connectivity index (χ3n) is 6.01. The van der Waals surface area contributed by atoms with E-state index in [1.54, 1.807) is 30.3 Å². The number of carbonyl (C=O) groups is 1. The zero-order valence-electron chi connectivity index (χ0n) is 19.0. The highest BCUT2D eigenvalue weighted by Gasteiger charge is 2.52. The second-order valence-electron chi connectivity index (χ2n) is 8.43. The van der Waals surface area contributed by atoms with E-state index >= 15 is 0 Å². The normalized spacial score (nSPS) is 15.0. The van der Waals surface area contributed by atoms with Gasteiger partial charge in [0.1, 0.15) is 5.75 Å². The number of amides is 1. The van der Waals surface area contributed by atoms with Gasteiger partial charge in [-0.1, -0.05) is 52.1 Å². The van der Waals surface area contributed by atoms with Crippen molar-refractivity contribution >= 4 is 68.9 Å². The van der Waals surface area contributed by atoms with Crippen molar-refractivity contribution in [2.45, 2.75) is 36.5 Å². The van der Waals surface area contributed by atoms with Crippen molar-refractivity contribution in [2.75, 3.05) is 11.1 Å². The molecule has 1 unspecified atom stereocenters. The van der Waals surface area contributed by atoms with Crippen molar-refractivity contribution in [3.63, 3.8) is 0 Å². The Kier molecular flexibility index (Phi) is 7.36. The summed E-state index contributed by atoms with van der Waals surface area (Å²) in [7, 11) is 0. The monoisotopic (exact) mass is 579 g/mol. The summed E-state index contributed by atoms with van der Waals surface area (Å²) in [5, 5.41) is 7.91. The third-order valence-corrected chi connectivity index (χ3v) is 9.14. The molecule has 1 amide bonds. The molecule has 2 heterocycles. The second-order valence-corrected chi connectivity index (χ2v) is 12.7. The maximum Gasteiger partial charge on any atom is 0.268 e. The molecule has 11 heteroatoms. The van der Waals surface area contributed by atoms with Crippen LogP contribution in [-0.4, -0.2) is 26.4 Å². The van der Waals surface area contributed by atoms with Gasteiger partial charge in [0, 0.05) is 21.3 Å². The zero-order chi connectivity index (χ0) is 25.4. The molecule has 5 rings (SSSR count). The molecular formula is C25H20Cl3N3O3S2. The molecule has 0 radical (unpaired) electrons. The maximum absolute atomic E-state index is 12.6. The molecular weight excluding hydrogens is 561 g/mol. The quantitative estimate of drug-likeness (QED) is 0.224. The lowest BCUT2D eigenvalue weighted by Crippen LogP contribution is -2.16. The van der Waals surface area contributed by atoms with Gasteiger partial charge < -0.3 is 14.4 Å². The first kappa shape index (κ1) is 25.6. The molecule has 2 aromatic heterocycles. The fraction of sp³-hybridized carbons (Fsp3) is 0.240. The van der Waals surface area contributed by atoms with Crippen molar-refractivity contribution < 1.29 is 13.9 Å². The van der Waals surface area contributed by atoms with Gasteiger partial charge in [-0.05, 0) is 72.9 Å². The number of aromatic nitrogens is 2. The number of hydrogen-bond donors (Lipinski definition) is 1. The van der Waals surface area contributed by atoms with Crippen molar-refractivity contribution in [3.8, 4) is 10.8 Å². The smallest absolute Gasteiger partial charge is 0.268 e. The molecule has 6 nitrogen and oxygen atoms in total.